The van der Waals surface area contributed by atoms with Crippen LogP contribution in [0.3, 0.4) is 0 Å². The molecule has 2 rings (SSSR count). The molecule has 1 saturated heterocycles. The molecule has 2 N–H and O–H groups in total. The van der Waals surface area contributed by atoms with Gasteiger partial charge < -0.3 is 10.6 Å². The van der Waals surface area contributed by atoms with E-state index in [1.165, 1.54) is 0 Å². The van der Waals surface area contributed by atoms with Crippen LogP contribution in [0.2, 0.25) is 0 Å². The van der Waals surface area contributed by atoms with Gasteiger partial charge in [-0.15, -0.1) is 24.0 Å². The molecule has 29 heavy (non-hydrogen) atoms. The topological polar surface area (TPSA) is 91.6 Å². The van der Waals surface area contributed by atoms with E-state index in [-0.39, 0.29) is 55.9 Å². The van der Waals surface area contributed by atoms with Crippen molar-refractivity contribution in [3.8, 4) is 0 Å². The van der Waals surface area contributed by atoms with E-state index >= 15 is 0 Å². The Morgan fingerprint density at radius 3 is 2.31 bits per heavy atom. The Kier molecular flexibility index (Phi) is 9.20. The average molecular weight is 552 g/mol. The number of hydrogen-bond donors (Lipinski definition) is 2. The van der Waals surface area contributed by atoms with Crippen molar-refractivity contribution in [2.45, 2.75) is 44.7 Å². The van der Waals surface area contributed by atoms with Crippen LogP contribution in [-0.4, -0.2) is 66.7 Å². The molecule has 2 heterocycles. The van der Waals surface area contributed by atoms with Crippen molar-refractivity contribution in [2.75, 3.05) is 26.7 Å². The minimum atomic E-state index is -5.26. The summed E-state index contributed by atoms with van der Waals surface area (Å²) in [6.45, 7) is 4.23. The van der Waals surface area contributed by atoms with Gasteiger partial charge in [0.25, 0.3) is 0 Å². The van der Waals surface area contributed by atoms with Crippen LogP contribution in [-0.2, 0) is 23.5 Å². The van der Waals surface area contributed by atoms with Gasteiger partial charge in [0.2, 0.25) is 0 Å². The summed E-state index contributed by atoms with van der Waals surface area (Å²) >= 11 is 0. The van der Waals surface area contributed by atoms with Crippen LogP contribution >= 0.6 is 24.0 Å². The summed E-state index contributed by atoms with van der Waals surface area (Å²) in [5.41, 5.74) is -2.02. The van der Waals surface area contributed by atoms with Gasteiger partial charge in [-0.25, -0.2) is 8.42 Å². The van der Waals surface area contributed by atoms with Gasteiger partial charge >= 0.3 is 15.5 Å². The maximum absolute atomic E-state index is 12.6. The van der Waals surface area contributed by atoms with E-state index in [1.807, 2.05) is 25.6 Å². The van der Waals surface area contributed by atoms with Crippen molar-refractivity contribution in [1.29, 1.82) is 0 Å². The van der Waals surface area contributed by atoms with E-state index < -0.39 is 15.5 Å². The van der Waals surface area contributed by atoms with Crippen molar-refractivity contribution in [2.24, 2.45) is 12.0 Å². The van der Waals surface area contributed by atoms with Crippen molar-refractivity contribution in [1.82, 2.24) is 24.7 Å². The van der Waals surface area contributed by atoms with Gasteiger partial charge in [0, 0.05) is 45.5 Å². The largest absolute Gasteiger partial charge is 0.511 e. The molecule has 1 aliphatic heterocycles. The van der Waals surface area contributed by atoms with Crippen molar-refractivity contribution in [3.63, 3.8) is 0 Å². The lowest BCUT2D eigenvalue weighted by atomic mass is 10.1. The molecular formula is C16H28F3IN6O2S. The second-order valence-corrected chi connectivity index (χ2v) is 8.72. The van der Waals surface area contributed by atoms with Gasteiger partial charge in [0.1, 0.15) is 0 Å². The Morgan fingerprint density at radius 1 is 1.28 bits per heavy atom. The number of sulfonamides is 1. The molecule has 0 aliphatic carbocycles. The van der Waals surface area contributed by atoms with E-state index in [2.05, 4.69) is 20.7 Å². The molecule has 1 fully saturated rings. The first-order chi connectivity index (χ1) is 13.0. The number of hydrogen-bond acceptors (Lipinski definition) is 4. The Bertz CT molecular complexity index is 817. The minimum Gasteiger partial charge on any atom is -0.356 e. The van der Waals surface area contributed by atoms with Crippen LogP contribution in [0, 0.1) is 13.8 Å². The Hall–Kier alpha value is -1.09. The van der Waals surface area contributed by atoms with Crippen LogP contribution in [0.4, 0.5) is 13.2 Å². The molecule has 0 spiro atoms. The van der Waals surface area contributed by atoms with Crippen molar-refractivity contribution in [3.05, 3.63) is 17.0 Å². The van der Waals surface area contributed by atoms with Gasteiger partial charge in [-0.05, 0) is 38.7 Å². The first-order valence-corrected chi connectivity index (χ1v) is 10.4. The van der Waals surface area contributed by atoms with E-state index in [1.54, 1.807) is 7.05 Å². The predicted molar refractivity (Wildman–Crippen MR) is 116 cm³/mol. The number of aryl methyl sites for hydroxylation is 2. The summed E-state index contributed by atoms with van der Waals surface area (Å²) in [7, 11) is -1.75. The highest BCUT2D eigenvalue weighted by atomic mass is 127. The third-order valence-corrected chi connectivity index (χ3v) is 6.61. The molecule has 0 aromatic carbocycles. The van der Waals surface area contributed by atoms with E-state index in [4.69, 9.17) is 0 Å². The SMILES string of the molecule is CN=C(NCCc1c(C)nn(C)c1C)NC1CCN(S(=O)(=O)C(F)(F)F)CC1.I. The van der Waals surface area contributed by atoms with E-state index in [0.29, 0.717) is 16.8 Å². The lowest BCUT2D eigenvalue weighted by Gasteiger charge is -2.32. The summed E-state index contributed by atoms with van der Waals surface area (Å²) in [4.78, 5) is 4.13. The molecule has 168 valence electrons. The molecule has 1 aromatic heterocycles. The molecule has 0 saturated carbocycles. The zero-order valence-electron chi connectivity index (χ0n) is 16.9. The Labute approximate surface area is 186 Å². The van der Waals surface area contributed by atoms with Crippen molar-refractivity contribution < 1.29 is 21.6 Å². The third kappa shape index (κ3) is 6.20. The van der Waals surface area contributed by atoms with Crippen LogP contribution < -0.4 is 10.6 Å². The number of piperidine rings is 1. The number of aromatic nitrogens is 2. The molecule has 1 aromatic rings. The number of halogens is 4. The summed E-state index contributed by atoms with van der Waals surface area (Å²) in [5, 5.41) is 10.7. The van der Waals surface area contributed by atoms with Crippen LogP contribution in [0.15, 0.2) is 4.99 Å². The second-order valence-electron chi connectivity index (χ2n) is 6.79. The first kappa shape index (κ1) is 25.9. The summed E-state index contributed by atoms with van der Waals surface area (Å²) in [6.07, 6.45) is 1.31. The number of nitrogens with zero attached hydrogens (tertiary/aromatic N) is 4. The lowest BCUT2D eigenvalue weighted by molar-refractivity contribution is -0.0494. The monoisotopic (exact) mass is 552 g/mol. The summed E-state index contributed by atoms with van der Waals surface area (Å²) in [5.74, 6) is 0.538. The van der Waals surface area contributed by atoms with E-state index in [9.17, 15) is 21.6 Å². The first-order valence-electron chi connectivity index (χ1n) is 9.00. The normalized spacial score (nSPS) is 17.1. The number of aliphatic imine (C=N–C) groups is 1. The highest BCUT2D eigenvalue weighted by Gasteiger charge is 2.50. The summed E-state index contributed by atoms with van der Waals surface area (Å²) in [6, 6.07) is -0.146. The number of rotatable bonds is 5. The van der Waals surface area contributed by atoms with Crippen LogP contribution in [0.25, 0.3) is 0 Å². The van der Waals surface area contributed by atoms with Gasteiger partial charge in [0.15, 0.2) is 5.96 Å². The van der Waals surface area contributed by atoms with Crippen LogP contribution in [0.1, 0.15) is 29.8 Å². The average Bonchev–Trinajstić information content (AvgIpc) is 2.86. The van der Waals surface area contributed by atoms with Gasteiger partial charge in [-0.3, -0.25) is 9.67 Å². The Morgan fingerprint density at radius 2 is 1.86 bits per heavy atom. The lowest BCUT2D eigenvalue weighted by Crippen LogP contribution is -2.51. The fourth-order valence-corrected chi connectivity index (χ4v) is 4.24. The molecule has 0 amide bonds. The van der Waals surface area contributed by atoms with Crippen molar-refractivity contribution >= 4 is 40.0 Å². The molecular weight excluding hydrogens is 524 g/mol. The Balaban J connectivity index is 0.00000420. The molecule has 0 radical (unpaired) electrons. The van der Waals surface area contributed by atoms with Crippen LogP contribution in [0.5, 0.6) is 0 Å². The molecule has 1 aliphatic rings. The maximum atomic E-state index is 12.6. The molecule has 0 unspecified atom stereocenters. The second kappa shape index (κ2) is 10.3. The molecule has 8 nitrogen and oxygen atoms in total. The number of nitrogens with one attached hydrogen (secondary N) is 2. The number of alkyl halides is 3. The minimum absolute atomic E-state index is 0. The summed E-state index contributed by atoms with van der Waals surface area (Å²) < 4.78 is 63.2. The zero-order chi connectivity index (χ0) is 21.1. The highest BCUT2D eigenvalue weighted by Crippen LogP contribution is 2.28. The maximum Gasteiger partial charge on any atom is 0.511 e. The molecule has 13 heteroatoms. The van der Waals surface area contributed by atoms with E-state index in [0.717, 1.165) is 23.4 Å². The zero-order valence-corrected chi connectivity index (χ0v) is 20.0. The third-order valence-electron chi connectivity index (χ3n) is 4.98. The standard InChI is InChI=1S/C16H27F3N6O2S.HI/c1-11-14(12(2)24(4)23-11)5-8-21-15(20-3)22-13-6-9-25(10-7-13)28(26,27)16(17,18)19;/h13H,5-10H2,1-4H3,(H2,20,21,22);1H. The number of guanidine groups is 1. The smallest absolute Gasteiger partial charge is 0.356 e. The fraction of sp³-hybridized carbons (Fsp3) is 0.750. The fourth-order valence-electron chi connectivity index (χ4n) is 3.26. The van der Waals surface area contributed by atoms with Gasteiger partial charge in [-0.1, -0.05) is 0 Å². The highest BCUT2D eigenvalue weighted by molar-refractivity contribution is 14.0. The van der Waals surface area contributed by atoms with Gasteiger partial charge in [-0.2, -0.15) is 22.6 Å². The predicted octanol–water partition coefficient (Wildman–Crippen LogP) is 1.68. The quantitative estimate of drug-likeness (QED) is 0.330. The molecule has 0 bridgehead atoms. The van der Waals surface area contributed by atoms with Gasteiger partial charge in [0.05, 0.1) is 5.69 Å². The molecule has 0 atom stereocenters.